The number of hydrogen-bond donors (Lipinski definition) is 2. The Labute approximate surface area is 98.0 Å². The van der Waals surface area contributed by atoms with E-state index in [2.05, 4.69) is 10.0 Å². The van der Waals surface area contributed by atoms with Crippen molar-refractivity contribution in [3.05, 3.63) is 0 Å². The maximum absolute atomic E-state index is 11.4. The van der Waals surface area contributed by atoms with E-state index in [1.165, 1.54) is 12.8 Å². The molecule has 96 valence electrons. The molecule has 0 aliphatic heterocycles. The van der Waals surface area contributed by atoms with Gasteiger partial charge in [0.2, 0.25) is 10.0 Å². The molecule has 1 fully saturated rings. The van der Waals surface area contributed by atoms with Gasteiger partial charge in [-0.05, 0) is 19.9 Å². The van der Waals surface area contributed by atoms with Gasteiger partial charge in [-0.25, -0.2) is 13.1 Å². The standard InChI is InChI=1S/C10H22N2O3S/c1-11-7-9-16(13,14)12-6-8-15-10-4-2-3-5-10/h10-12H,2-9H2,1H3. The summed E-state index contributed by atoms with van der Waals surface area (Å²) < 4.78 is 30.8. The predicted molar refractivity (Wildman–Crippen MR) is 63.9 cm³/mol. The minimum Gasteiger partial charge on any atom is -0.377 e. The molecule has 5 nitrogen and oxygen atoms in total. The Kier molecular flexibility index (Phi) is 6.26. The summed E-state index contributed by atoms with van der Waals surface area (Å²) >= 11 is 0. The van der Waals surface area contributed by atoms with Crippen molar-refractivity contribution < 1.29 is 13.2 Å². The molecule has 6 heteroatoms. The molecule has 0 aromatic heterocycles. The third-order valence-electron chi connectivity index (χ3n) is 2.70. The molecule has 0 heterocycles. The Morgan fingerprint density at radius 2 is 1.94 bits per heavy atom. The molecule has 0 amide bonds. The molecule has 0 aromatic rings. The van der Waals surface area contributed by atoms with Crippen LogP contribution < -0.4 is 10.0 Å². The summed E-state index contributed by atoms with van der Waals surface area (Å²) in [5.74, 6) is 0.118. The summed E-state index contributed by atoms with van der Waals surface area (Å²) in [6, 6.07) is 0. The lowest BCUT2D eigenvalue weighted by atomic mass is 10.3. The zero-order valence-electron chi connectivity index (χ0n) is 9.87. The summed E-state index contributed by atoms with van der Waals surface area (Å²) in [7, 11) is -1.40. The lowest BCUT2D eigenvalue weighted by Crippen LogP contribution is -2.33. The van der Waals surface area contributed by atoms with Crippen LogP contribution >= 0.6 is 0 Å². The van der Waals surface area contributed by atoms with Crippen LogP contribution in [0, 0.1) is 0 Å². The number of rotatable bonds is 8. The molecular formula is C10H22N2O3S. The van der Waals surface area contributed by atoms with Crippen LogP contribution in [0.15, 0.2) is 0 Å². The zero-order valence-corrected chi connectivity index (χ0v) is 10.7. The van der Waals surface area contributed by atoms with Crippen molar-refractivity contribution in [3.63, 3.8) is 0 Å². The van der Waals surface area contributed by atoms with Gasteiger partial charge in [0.15, 0.2) is 0 Å². The van der Waals surface area contributed by atoms with Crippen molar-refractivity contribution >= 4 is 10.0 Å². The Morgan fingerprint density at radius 3 is 2.56 bits per heavy atom. The SMILES string of the molecule is CNCCS(=O)(=O)NCCOC1CCCC1. The second kappa shape index (κ2) is 7.21. The molecule has 16 heavy (non-hydrogen) atoms. The lowest BCUT2D eigenvalue weighted by molar-refractivity contribution is 0.0626. The first-order chi connectivity index (χ1) is 7.64. The van der Waals surface area contributed by atoms with Crippen LogP contribution in [0.3, 0.4) is 0 Å². The first kappa shape index (κ1) is 13.9. The molecule has 1 aliphatic carbocycles. The molecule has 0 unspecified atom stereocenters. The van der Waals surface area contributed by atoms with Gasteiger partial charge in [0.25, 0.3) is 0 Å². The van der Waals surface area contributed by atoms with Crippen molar-refractivity contribution in [2.75, 3.05) is 32.5 Å². The smallest absolute Gasteiger partial charge is 0.212 e. The molecular weight excluding hydrogens is 228 g/mol. The minimum absolute atomic E-state index is 0.118. The van der Waals surface area contributed by atoms with Crippen molar-refractivity contribution in [1.82, 2.24) is 10.0 Å². The number of sulfonamides is 1. The van der Waals surface area contributed by atoms with E-state index in [1.54, 1.807) is 7.05 Å². The van der Waals surface area contributed by atoms with E-state index in [0.717, 1.165) is 12.8 Å². The van der Waals surface area contributed by atoms with Gasteiger partial charge >= 0.3 is 0 Å². The van der Waals surface area contributed by atoms with E-state index in [9.17, 15) is 8.42 Å². The van der Waals surface area contributed by atoms with Gasteiger partial charge in [-0.1, -0.05) is 12.8 Å². The minimum atomic E-state index is -3.13. The van der Waals surface area contributed by atoms with E-state index in [-0.39, 0.29) is 5.75 Å². The van der Waals surface area contributed by atoms with Crippen LogP contribution in [0.4, 0.5) is 0 Å². The Bertz CT molecular complexity index is 274. The maximum atomic E-state index is 11.4. The Hall–Kier alpha value is -0.170. The topological polar surface area (TPSA) is 67.4 Å². The molecule has 0 saturated heterocycles. The zero-order chi connectivity index (χ0) is 11.9. The summed E-state index contributed by atoms with van der Waals surface area (Å²) in [5.41, 5.74) is 0. The van der Waals surface area contributed by atoms with Crippen molar-refractivity contribution in [3.8, 4) is 0 Å². The van der Waals surface area contributed by atoms with E-state index in [0.29, 0.717) is 25.8 Å². The number of hydrogen-bond acceptors (Lipinski definition) is 4. The average molecular weight is 250 g/mol. The quantitative estimate of drug-likeness (QED) is 0.599. The summed E-state index contributed by atoms with van der Waals surface area (Å²) in [6.07, 6.45) is 5.05. The van der Waals surface area contributed by atoms with Gasteiger partial charge < -0.3 is 10.1 Å². The van der Waals surface area contributed by atoms with Crippen molar-refractivity contribution in [2.24, 2.45) is 0 Å². The maximum Gasteiger partial charge on any atom is 0.212 e. The van der Waals surface area contributed by atoms with E-state index in [4.69, 9.17) is 4.74 Å². The second-order valence-corrected chi connectivity index (χ2v) is 6.02. The van der Waals surface area contributed by atoms with E-state index < -0.39 is 10.0 Å². The van der Waals surface area contributed by atoms with Crippen molar-refractivity contribution in [1.29, 1.82) is 0 Å². The summed E-state index contributed by atoms with van der Waals surface area (Å²) in [6.45, 7) is 1.32. The van der Waals surface area contributed by atoms with Crippen LogP contribution in [-0.2, 0) is 14.8 Å². The van der Waals surface area contributed by atoms with Crippen LogP contribution in [-0.4, -0.2) is 47.0 Å². The highest BCUT2D eigenvalue weighted by Crippen LogP contribution is 2.20. The van der Waals surface area contributed by atoms with Gasteiger partial charge in [-0.2, -0.15) is 0 Å². The van der Waals surface area contributed by atoms with Crippen molar-refractivity contribution in [2.45, 2.75) is 31.8 Å². The van der Waals surface area contributed by atoms with E-state index in [1.807, 2.05) is 0 Å². The van der Waals surface area contributed by atoms with Crippen LogP contribution in [0.1, 0.15) is 25.7 Å². The fourth-order valence-electron chi connectivity index (χ4n) is 1.79. The molecule has 1 rings (SSSR count). The van der Waals surface area contributed by atoms with Crippen LogP contribution in [0.25, 0.3) is 0 Å². The number of nitrogens with one attached hydrogen (secondary N) is 2. The third kappa shape index (κ3) is 5.79. The van der Waals surface area contributed by atoms with Gasteiger partial charge in [0.1, 0.15) is 0 Å². The molecule has 1 saturated carbocycles. The predicted octanol–water partition coefficient (Wildman–Crippen LogP) is 0.0844. The molecule has 0 radical (unpaired) electrons. The number of ether oxygens (including phenoxy) is 1. The highest BCUT2D eigenvalue weighted by molar-refractivity contribution is 7.89. The molecule has 0 bridgehead atoms. The first-order valence-corrected chi connectivity index (χ1v) is 7.53. The largest absolute Gasteiger partial charge is 0.377 e. The summed E-state index contributed by atoms with van der Waals surface area (Å²) in [5, 5.41) is 2.81. The normalized spacial score (nSPS) is 18.1. The van der Waals surface area contributed by atoms with Crippen LogP contribution in [0.5, 0.6) is 0 Å². The monoisotopic (exact) mass is 250 g/mol. The average Bonchev–Trinajstić information content (AvgIpc) is 2.75. The highest BCUT2D eigenvalue weighted by Gasteiger charge is 2.15. The van der Waals surface area contributed by atoms with Gasteiger partial charge in [-0.15, -0.1) is 0 Å². The lowest BCUT2D eigenvalue weighted by Gasteiger charge is -2.11. The Balaban J connectivity index is 2.05. The second-order valence-electron chi connectivity index (χ2n) is 4.09. The Morgan fingerprint density at radius 1 is 1.25 bits per heavy atom. The molecule has 0 aromatic carbocycles. The molecule has 1 aliphatic rings. The van der Waals surface area contributed by atoms with Gasteiger partial charge in [0.05, 0.1) is 18.5 Å². The van der Waals surface area contributed by atoms with E-state index >= 15 is 0 Å². The summed E-state index contributed by atoms with van der Waals surface area (Å²) in [4.78, 5) is 0. The van der Waals surface area contributed by atoms with Crippen LogP contribution in [0.2, 0.25) is 0 Å². The van der Waals surface area contributed by atoms with Gasteiger partial charge in [0, 0.05) is 13.1 Å². The van der Waals surface area contributed by atoms with Gasteiger partial charge in [-0.3, -0.25) is 0 Å². The fourth-order valence-corrected chi connectivity index (χ4v) is 2.80. The first-order valence-electron chi connectivity index (χ1n) is 5.87. The highest BCUT2D eigenvalue weighted by atomic mass is 32.2. The molecule has 2 N–H and O–H groups in total. The molecule has 0 atom stereocenters. The fraction of sp³-hybridized carbons (Fsp3) is 1.00. The third-order valence-corrected chi connectivity index (χ3v) is 4.09. The molecule has 0 spiro atoms.